The van der Waals surface area contributed by atoms with Gasteiger partial charge in [0.2, 0.25) is 11.8 Å². The molecule has 0 aliphatic carbocycles. The van der Waals surface area contributed by atoms with Gasteiger partial charge >= 0.3 is 0 Å². The van der Waals surface area contributed by atoms with Crippen LogP contribution in [0, 0.1) is 5.92 Å². The lowest BCUT2D eigenvalue weighted by molar-refractivity contribution is -0.134. The molecule has 1 saturated heterocycles. The van der Waals surface area contributed by atoms with Crippen LogP contribution in [-0.2, 0) is 29.1 Å². The second kappa shape index (κ2) is 8.12. The van der Waals surface area contributed by atoms with Gasteiger partial charge in [0.15, 0.2) is 5.82 Å². The predicted octanol–water partition coefficient (Wildman–Crippen LogP) is 1.45. The number of anilines is 1. The Hall–Kier alpha value is -2.71. The average Bonchev–Trinajstić information content (AvgIpc) is 3.35. The molecule has 9 heteroatoms. The molecule has 2 aliphatic heterocycles. The number of carbonyl (C=O) groups is 2. The largest absolute Gasteiger partial charge is 0.342 e. The number of nitrogens with zero attached hydrogens (tertiary/aromatic N) is 6. The zero-order chi connectivity index (χ0) is 19.5. The summed E-state index contributed by atoms with van der Waals surface area (Å²) in [4.78, 5) is 26.3. The third-order valence-electron chi connectivity index (χ3n) is 5.59. The van der Waals surface area contributed by atoms with Crippen LogP contribution in [0.5, 0.6) is 0 Å². The van der Waals surface area contributed by atoms with Gasteiger partial charge in [-0.15, -0.1) is 10.2 Å². The van der Waals surface area contributed by atoms with Crippen molar-refractivity contribution in [3.63, 3.8) is 0 Å². The first kappa shape index (κ1) is 18.6. The van der Waals surface area contributed by atoms with Gasteiger partial charge in [-0.3, -0.25) is 14.3 Å². The lowest BCUT2D eigenvalue weighted by atomic mass is 9.97. The van der Waals surface area contributed by atoms with Gasteiger partial charge in [-0.2, -0.15) is 5.10 Å². The molecule has 150 valence electrons. The van der Waals surface area contributed by atoms with Crippen molar-refractivity contribution < 1.29 is 9.59 Å². The monoisotopic (exact) mass is 385 g/mol. The Labute approximate surface area is 164 Å². The fourth-order valence-electron chi connectivity index (χ4n) is 4.03. The van der Waals surface area contributed by atoms with E-state index in [1.807, 2.05) is 13.1 Å². The van der Waals surface area contributed by atoms with Crippen LogP contribution < -0.4 is 5.32 Å². The van der Waals surface area contributed by atoms with E-state index in [0.717, 1.165) is 50.4 Å². The Morgan fingerprint density at radius 3 is 2.96 bits per heavy atom. The molecule has 0 saturated carbocycles. The van der Waals surface area contributed by atoms with E-state index in [-0.39, 0.29) is 17.7 Å². The third-order valence-corrected chi connectivity index (χ3v) is 5.59. The number of aromatic nitrogens is 5. The molecular weight excluding hydrogens is 358 g/mol. The SMILES string of the molecule is CCC(=O)N1CCC[C@@H](C(=O)Nc2cnn(Cc3nnc4n3CCCC4)c2)C1. The van der Waals surface area contributed by atoms with Gasteiger partial charge in [0.25, 0.3) is 0 Å². The zero-order valence-electron chi connectivity index (χ0n) is 16.3. The minimum atomic E-state index is -0.170. The second-order valence-electron chi connectivity index (χ2n) is 7.59. The molecule has 0 spiro atoms. The fraction of sp³-hybridized carbons (Fsp3) is 0.632. The van der Waals surface area contributed by atoms with Crippen LogP contribution in [0.1, 0.15) is 50.7 Å². The first-order valence-corrected chi connectivity index (χ1v) is 10.2. The summed E-state index contributed by atoms with van der Waals surface area (Å²) in [6.07, 6.45) is 8.92. The highest BCUT2D eigenvalue weighted by Crippen LogP contribution is 2.20. The highest BCUT2D eigenvalue weighted by Gasteiger charge is 2.28. The van der Waals surface area contributed by atoms with Crippen molar-refractivity contribution in [1.82, 2.24) is 29.4 Å². The van der Waals surface area contributed by atoms with Crippen molar-refractivity contribution >= 4 is 17.5 Å². The van der Waals surface area contributed by atoms with Crippen molar-refractivity contribution in [3.05, 3.63) is 24.0 Å². The summed E-state index contributed by atoms with van der Waals surface area (Å²) in [6.45, 7) is 4.59. The summed E-state index contributed by atoms with van der Waals surface area (Å²) in [5.41, 5.74) is 0.669. The number of aryl methyl sites for hydroxylation is 1. The summed E-state index contributed by atoms with van der Waals surface area (Å²) in [5, 5.41) is 15.9. The highest BCUT2D eigenvalue weighted by molar-refractivity contribution is 5.93. The van der Waals surface area contributed by atoms with Crippen molar-refractivity contribution in [2.45, 2.75) is 58.5 Å². The van der Waals surface area contributed by atoms with Crippen molar-refractivity contribution in [3.8, 4) is 0 Å². The van der Waals surface area contributed by atoms with Gasteiger partial charge in [-0.1, -0.05) is 6.92 Å². The molecule has 0 bridgehead atoms. The molecule has 0 unspecified atom stereocenters. The first-order valence-electron chi connectivity index (χ1n) is 10.2. The standard InChI is InChI=1S/C19H27N7O2/c1-2-18(27)24-8-5-6-14(11-24)19(28)21-15-10-20-25(12-15)13-17-23-22-16-7-3-4-9-26(16)17/h10,12,14H,2-9,11,13H2,1H3,(H,21,28)/t14-/m1/s1. The molecule has 4 rings (SSSR count). The molecule has 2 aromatic heterocycles. The van der Waals surface area contributed by atoms with E-state index >= 15 is 0 Å². The summed E-state index contributed by atoms with van der Waals surface area (Å²) >= 11 is 0. The molecule has 1 fully saturated rings. The summed E-state index contributed by atoms with van der Waals surface area (Å²) < 4.78 is 3.94. The van der Waals surface area contributed by atoms with Gasteiger partial charge in [0.05, 0.1) is 17.8 Å². The molecular formula is C19H27N7O2. The van der Waals surface area contributed by atoms with E-state index in [9.17, 15) is 9.59 Å². The second-order valence-corrected chi connectivity index (χ2v) is 7.59. The third kappa shape index (κ3) is 3.93. The average molecular weight is 385 g/mol. The van der Waals surface area contributed by atoms with Gasteiger partial charge in [-0.25, -0.2) is 0 Å². The Kier molecular flexibility index (Phi) is 5.40. The molecule has 28 heavy (non-hydrogen) atoms. The summed E-state index contributed by atoms with van der Waals surface area (Å²) in [7, 11) is 0. The summed E-state index contributed by atoms with van der Waals surface area (Å²) in [5.74, 6) is 1.84. The topological polar surface area (TPSA) is 97.9 Å². The van der Waals surface area contributed by atoms with E-state index in [2.05, 4.69) is 25.2 Å². The smallest absolute Gasteiger partial charge is 0.229 e. The Balaban J connectivity index is 1.36. The number of rotatable bonds is 5. The van der Waals surface area contributed by atoms with Gasteiger partial charge < -0.3 is 14.8 Å². The Bertz CT molecular complexity index is 856. The fourth-order valence-corrected chi connectivity index (χ4v) is 4.03. The lowest BCUT2D eigenvalue weighted by Gasteiger charge is -2.31. The number of amides is 2. The molecule has 1 N–H and O–H groups in total. The van der Waals surface area contributed by atoms with Gasteiger partial charge in [0, 0.05) is 38.7 Å². The molecule has 4 heterocycles. The maximum atomic E-state index is 12.6. The maximum absolute atomic E-state index is 12.6. The number of carbonyl (C=O) groups excluding carboxylic acids is 2. The normalized spacial score (nSPS) is 19.3. The molecule has 1 atom stereocenters. The molecule has 0 aromatic carbocycles. The minimum absolute atomic E-state index is 0.0481. The van der Waals surface area contributed by atoms with Crippen LogP contribution in [-0.4, -0.2) is 54.3 Å². The van der Waals surface area contributed by atoms with Crippen molar-refractivity contribution in [2.24, 2.45) is 5.92 Å². The Morgan fingerprint density at radius 1 is 1.21 bits per heavy atom. The van der Waals surface area contributed by atoms with E-state index in [0.29, 0.717) is 25.2 Å². The number of fused-ring (bicyclic) bond motifs is 1. The van der Waals surface area contributed by atoms with Gasteiger partial charge in [0.1, 0.15) is 12.4 Å². The number of hydrogen-bond donors (Lipinski definition) is 1. The van der Waals surface area contributed by atoms with E-state index in [4.69, 9.17) is 0 Å². The zero-order valence-corrected chi connectivity index (χ0v) is 16.3. The van der Waals surface area contributed by atoms with Gasteiger partial charge in [-0.05, 0) is 25.7 Å². The van der Waals surface area contributed by atoms with E-state index < -0.39 is 0 Å². The number of piperidine rings is 1. The van der Waals surface area contributed by atoms with Crippen molar-refractivity contribution in [2.75, 3.05) is 18.4 Å². The van der Waals surface area contributed by atoms with Crippen LogP contribution in [0.2, 0.25) is 0 Å². The molecule has 9 nitrogen and oxygen atoms in total. The van der Waals surface area contributed by atoms with Crippen molar-refractivity contribution in [1.29, 1.82) is 0 Å². The minimum Gasteiger partial charge on any atom is -0.342 e. The molecule has 2 aliphatic rings. The number of nitrogens with one attached hydrogen (secondary N) is 1. The molecule has 2 amide bonds. The van der Waals surface area contributed by atoms with Crippen LogP contribution in [0.3, 0.4) is 0 Å². The van der Waals surface area contributed by atoms with E-state index in [1.165, 1.54) is 6.42 Å². The summed E-state index contributed by atoms with van der Waals surface area (Å²) in [6, 6.07) is 0. The number of likely N-dealkylation sites (tertiary alicyclic amines) is 1. The lowest BCUT2D eigenvalue weighted by Crippen LogP contribution is -2.43. The van der Waals surface area contributed by atoms with Crippen LogP contribution in [0.4, 0.5) is 5.69 Å². The highest BCUT2D eigenvalue weighted by atomic mass is 16.2. The quantitative estimate of drug-likeness (QED) is 0.840. The van der Waals surface area contributed by atoms with Crippen LogP contribution >= 0.6 is 0 Å². The maximum Gasteiger partial charge on any atom is 0.229 e. The number of hydrogen-bond acceptors (Lipinski definition) is 5. The Morgan fingerprint density at radius 2 is 2.11 bits per heavy atom. The van der Waals surface area contributed by atoms with Crippen LogP contribution in [0.25, 0.3) is 0 Å². The first-order chi connectivity index (χ1) is 13.6. The predicted molar refractivity (Wildman–Crippen MR) is 103 cm³/mol. The van der Waals surface area contributed by atoms with Crippen LogP contribution in [0.15, 0.2) is 12.4 Å². The molecule has 0 radical (unpaired) electrons. The molecule has 2 aromatic rings. The van der Waals surface area contributed by atoms with E-state index in [1.54, 1.807) is 15.8 Å².